The van der Waals surface area contributed by atoms with E-state index in [2.05, 4.69) is 26.3 Å². The van der Waals surface area contributed by atoms with Gasteiger partial charge in [0.05, 0.1) is 48.8 Å². The van der Waals surface area contributed by atoms with Crippen LogP contribution in [0.2, 0.25) is 0 Å². The van der Waals surface area contributed by atoms with Crippen LogP contribution < -0.4 is 9.46 Å². The molecule has 0 spiro atoms. The maximum Gasteiger partial charge on any atom is 0.264 e. The van der Waals surface area contributed by atoms with Crippen molar-refractivity contribution in [2.45, 2.75) is 113 Å². The summed E-state index contributed by atoms with van der Waals surface area (Å²) in [6, 6.07) is 12.3. The molecule has 2 amide bonds. The van der Waals surface area contributed by atoms with Crippen LogP contribution in [0.5, 0.6) is 5.75 Å². The summed E-state index contributed by atoms with van der Waals surface area (Å²) in [7, 11) is -2.03. The van der Waals surface area contributed by atoms with Gasteiger partial charge in [-0.1, -0.05) is 31.7 Å². The molecule has 9 nitrogen and oxygen atoms in total. The van der Waals surface area contributed by atoms with E-state index in [0.717, 1.165) is 72.9 Å². The van der Waals surface area contributed by atoms with E-state index in [9.17, 15) is 13.2 Å². The minimum absolute atomic E-state index is 0.0620. The smallest absolute Gasteiger partial charge is 0.264 e. The third-order valence-corrected chi connectivity index (χ3v) is 14.5. The Balaban J connectivity index is 1.22. The lowest BCUT2D eigenvalue weighted by molar-refractivity contribution is -0.157. The summed E-state index contributed by atoms with van der Waals surface area (Å²) in [5.74, 6) is 0.862. The minimum Gasteiger partial charge on any atom is -0.497 e. The average molecular weight is 672 g/mol. The van der Waals surface area contributed by atoms with Gasteiger partial charge in [0, 0.05) is 34.5 Å². The number of benzene rings is 2. The van der Waals surface area contributed by atoms with E-state index in [1.54, 1.807) is 13.2 Å². The van der Waals surface area contributed by atoms with Gasteiger partial charge < -0.3 is 18.9 Å². The van der Waals surface area contributed by atoms with E-state index in [-0.39, 0.29) is 23.9 Å². The zero-order valence-electron chi connectivity index (χ0n) is 27.7. The Labute approximate surface area is 282 Å². The van der Waals surface area contributed by atoms with E-state index in [1.165, 1.54) is 30.4 Å². The van der Waals surface area contributed by atoms with E-state index in [4.69, 9.17) is 9.47 Å². The lowest BCUT2D eigenvalue weighted by Crippen LogP contribution is -2.59. The fourth-order valence-electron chi connectivity index (χ4n) is 9.80. The third-order valence-electron chi connectivity index (χ3n) is 12.7. The Hall–Kier alpha value is -3.37. The molecule has 3 aliphatic heterocycles. The molecule has 10 heteroatoms. The number of hydrogen-bond donors (Lipinski definition) is 1. The van der Waals surface area contributed by atoms with Crippen molar-refractivity contribution >= 4 is 32.7 Å². The fraction of sp³-hybridized carbons (Fsp3) is 0.579. The number of hydrogen-bond acceptors (Lipinski definition) is 6. The molecule has 3 aromatic rings. The number of rotatable bonds is 6. The van der Waals surface area contributed by atoms with Gasteiger partial charge in [0.2, 0.25) is 15.9 Å². The number of sulfonamides is 1. The lowest BCUT2D eigenvalue weighted by Gasteiger charge is -2.47. The molecule has 9 rings (SSSR count). The van der Waals surface area contributed by atoms with Gasteiger partial charge in [-0.15, -0.1) is 0 Å². The molecule has 4 heterocycles. The van der Waals surface area contributed by atoms with Gasteiger partial charge in [-0.05, 0) is 98.7 Å². The van der Waals surface area contributed by atoms with Gasteiger partial charge in [-0.3, -0.25) is 9.59 Å². The van der Waals surface area contributed by atoms with Crippen molar-refractivity contribution in [2.24, 2.45) is 5.41 Å². The number of methoxy groups -OCH3 is 1. The van der Waals surface area contributed by atoms with Gasteiger partial charge in [0.25, 0.3) is 5.91 Å². The van der Waals surface area contributed by atoms with Crippen LogP contribution in [0.4, 0.5) is 0 Å². The predicted molar refractivity (Wildman–Crippen MR) is 183 cm³/mol. The highest BCUT2D eigenvalue weighted by Crippen LogP contribution is 2.66. The summed E-state index contributed by atoms with van der Waals surface area (Å²) in [6.07, 6.45) is 11.7. The van der Waals surface area contributed by atoms with Gasteiger partial charge in [-0.25, -0.2) is 13.1 Å². The topological polar surface area (TPSA) is 107 Å². The van der Waals surface area contributed by atoms with Gasteiger partial charge in [0.15, 0.2) is 0 Å². The normalized spacial score (nSPS) is 28.4. The van der Waals surface area contributed by atoms with Crippen molar-refractivity contribution in [3.05, 3.63) is 53.1 Å². The zero-order valence-corrected chi connectivity index (χ0v) is 28.5. The molecule has 2 saturated heterocycles. The van der Waals surface area contributed by atoms with Crippen molar-refractivity contribution in [3.8, 4) is 17.0 Å². The monoisotopic (exact) mass is 671 g/mol. The first kappa shape index (κ1) is 30.7. The van der Waals surface area contributed by atoms with Crippen molar-refractivity contribution < 1.29 is 27.5 Å². The van der Waals surface area contributed by atoms with Crippen LogP contribution in [0.15, 0.2) is 36.4 Å². The van der Waals surface area contributed by atoms with Crippen molar-refractivity contribution in [3.63, 3.8) is 0 Å². The second-order valence-corrected chi connectivity index (χ2v) is 17.3. The Morgan fingerprint density at radius 2 is 1.67 bits per heavy atom. The number of carbonyl (C=O) groups is 2. The van der Waals surface area contributed by atoms with Crippen LogP contribution in [0.3, 0.4) is 0 Å². The number of morpholine rings is 1. The van der Waals surface area contributed by atoms with E-state index < -0.39 is 26.6 Å². The Kier molecular flexibility index (Phi) is 7.24. The second-order valence-electron chi connectivity index (χ2n) is 15.3. The van der Waals surface area contributed by atoms with Crippen molar-refractivity contribution in [1.82, 2.24) is 14.2 Å². The highest BCUT2D eigenvalue weighted by molar-refractivity contribution is 7.90. The molecule has 3 aliphatic carbocycles. The molecule has 4 atom stereocenters. The van der Waals surface area contributed by atoms with Crippen LogP contribution in [0.1, 0.15) is 110 Å². The van der Waals surface area contributed by atoms with Gasteiger partial charge in [-0.2, -0.15) is 0 Å². The number of nitrogens with one attached hydrogen (secondary N) is 1. The van der Waals surface area contributed by atoms with Crippen LogP contribution in [0, 0.1) is 5.41 Å². The molecule has 6 aliphatic rings. The predicted octanol–water partition coefficient (Wildman–Crippen LogP) is 6.24. The third kappa shape index (κ3) is 4.68. The van der Waals surface area contributed by atoms with Crippen LogP contribution in [-0.2, 0) is 26.1 Å². The summed E-state index contributed by atoms with van der Waals surface area (Å²) in [4.78, 5) is 30.8. The zero-order chi connectivity index (χ0) is 32.8. The van der Waals surface area contributed by atoms with Gasteiger partial charge in [0.1, 0.15) is 5.75 Å². The molecule has 2 aromatic carbocycles. The number of fused-ring (bicyclic) bond motifs is 9. The Morgan fingerprint density at radius 3 is 2.38 bits per heavy atom. The van der Waals surface area contributed by atoms with Crippen molar-refractivity contribution in [1.29, 1.82) is 0 Å². The van der Waals surface area contributed by atoms with Gasteiger partial charge >= 0.3 is 0 Å². The minimum atomic E-state index is -3.73. The van der Waals surface area contributed by atoms with Crippen LogP contribution >= 0.6 is 0 Å². The Bertz CT molecular complexity index is 1900. The SMILES string of the molecule is COc1ccc2c(c1)C1CC1(C(=O)N1C3CCCC1COC3)Cn1c-2c(C2CCCCC2)c2ccc(C(=O)NS(=O)(=O)C3CCC3)cc21. The largest absolute Gasteiger partial charge is 0.497 e. The number of nitrogens with zero attached hydrogens (tertiary/aromatic N) is 2. The summed E-state index contributed by atoms with van der Waals surface area (Å²) >= 11 is 0. The Morgan fingerprint density at radius 1 is 0.917 bits per heavy atom. The number of amides is 2. The molecular formula is C38H45N3O6S. The maximum absolute atomic E-state index is 15.0. The highest BCUT2D eigenvalue weighted by Gasteiger charge is 2.65. The average Bonchev–Trinajstić information content (AvgIpc) is 3.72. The van der Waals surface area contributed by atoms with Crippen LogP contribution in [-0.4, -0.2) is 67.4 Å². The molecule has 1 N–H and O–H groups in total. The molecule has 5 fully saturated rings. The number of ether oxygens (including phenoxy) is 2. The van der Waals surface area contributed by atoms with E-state index in [1.807, 2.05) is 18.2 Å². The standard InChI is InChI=1S/C38H45N3O6S/c1-46-27-14-16-29-31(18-27)32-19-38(32,37(43)41-25-9-5-10-26(41)21-47-20-25)22-40-33-17-24(36(42)39-48(44,45)28-11-6-12-28)13-15-30(33)34(35(29)40)23-7-3-2-4-8-23/h13-18,23,25-26,28,32H,2-12,19-22H2,1H3,(H,39,42). The van der Waals surface area contributed by atoms with E-state index in [0.29, 0.717) is 44.1 Å². The molecule has 1 aromatic heterocycles. The molecular weight excluding hydrogens is 627 g/mol. The second kappa shape index (κ2) is 11.3. The summed E-state index contributed by atoms with van der Waals surface area (Å²) in [5.41, 5.74) is 5.39. The lowest BCUT2D eigenvalue weighted by atomic mass is 9.81. The summed E-state index contributed by atoms with van der Waals surface area (Å²) < 4.78 is 42.3. The molecule has 254 valence electrons. The summed E-state index contributed by atoms with van der Waals surface area (Å²) in [6.45, 7) is 1.71. The molecule has 2 bridgehead atoms. The number of piperidine rings is 1. The molecule has 3 saturated carbocycles. The molecule has 4 unspecified atom stereocenters. The maximum atomic E-state index is 15.0. The quantitative estimate of drug-likeness (QED) is 0.333. The first-order chi connectivity index (χ1) is 23.3. The molecule has 48 heavy (non-hydrogen) atoms. The first-order valence-corrected chi connectivity index (χ1v) is 19.6. The number of carbonyl (C=O) groups excluding carboxylic acids is 2. The van der Waals surface area contributed by atoms with Crippen molar-refractivity contribution in [2.75, 3.05) is 20.3 Å². The highest BCUT2D eigenvalue weighted by atomic mass is 32.2. The fourth-order valence-corrected chi connectivity index (χ4v) is 11.3. The van der Waals surface area contributed by atoms with E-state index >= 15 is 4.79 Å². The van der Waals surface area contributed by atoms with Crippen LogP contribution in [0.25, 0.3) is 22.2 Å². The number of aromatic nitrogens is 1. The molecule has 0 radical (unpaired) electrons. The first-order valence-electron chi connectivity index (χ1n) is 18.1. The summed E-state index contributed by atoms with van der Waals surface area (Å²) in [5, 5.41) is 0.598.